The Bertz CT molecular complexity index is 527. The molecule has 0 fully saturated rings. The van der Waals surface area contributed by atoms with E-state index in [2.05, 4.69) is 4.72 Å². The number of hydrogen-bond donors (Lipinski definition) is 2. The highest BCUT2D eigenvalue weighted by atomic mass is 32.2. The number of carbonyl (C=O) groups is 1. The Balaban J connectivity index is 2.61. The first kappa shape index (κ1) is 17.2. The van der Waals surface area contributed by atoms with Crippen LogP contribution in [0.1, 0.15) is 29.6 Å². The van der Waals surface area contributed by atoms with Crippen molar-refractivity contribution >= 4 is 26.9 Å². The second-order valence-corrected chi connectivity index (χ2v) is 6.81. The van der Waals surface area contributed by atoms with Crippen molar-refractivity contribution in [3.63, 3.8) is 0 Å². The van der Waals surface area contributed by atoms with E-state index in [0.717, 1.165) is 31.0 Å². The van der Waals surface area contributed by atoms with Gasteiger partial charge in [-0.1, -0.05) is 18.2 Å². The zero-order valence-corrected chi connectivity index (χ0v) is 13.1. The molecule has 1 aromatic carbocycles. The van der Waals surface area contributed by atoms with E-state index in [1.165, 1.54) is 24.3 Å². The monoisotopic (exact) mass is 316 g/mol. The molecule has 112 valence electrons. The molecule has 0 radical (unpaired) electrons. The van der Waals surface area contributed by atoms with Gasteiger partial charge in [0.1, 0.15) is 0 Å². The van der Waals surface area contributed by atoms with Crippen LogP contribution in [-0.2, 0) is 10.0 Å². The average molecular weight is 316 g/mol. The van der Waals surface area contributed by atoms with Crippen LogP contribution in [0.3, 0.4) is 0 Å². The predicted molar refractivity (Wildman–Crippen MR) is 82.4 cm³/mol. The van der Waals surface area contributed by atoms with Gasteiger partial charge in [0.15, 0.2) is 0 Å². The predicted octanol–water partition coefficient (Wildman–Crippen LogP) is 1.60. The number of rotatable bonds is 8. The highest BCUT2D eigenvalue weighted by Crippen LogP contribution is 2.14. The number of sulfonamides is 1. The molecule has 0 heterocycles. The van der Waals surface area contributed by atoms with Gasteiger partial charge < -0.3 is 5.73 Å². The van der Waals surface area contributed by atoms with Gasteiger partial charge in [0, 0.05) is 12.1 Å². The van der Waals surface area contributed by atoms with Crippen LogP contribution in [0.5, 0.6) is 0 Å². The molecule has 0 saturated carbocycles. The number of unbranched alkanes of at least 4 members (excludes halogenated alkanes) is 2. The molecule has 7 heteroatoms. The van der Waals surface area contributed by atoms with Crippen LogP contribution >= 0.6 is 11.8 Å². The van der Waals surface area contributed by atoms with Gasteiger partial charge in [-0.05, 0) is 49.9 Å². The fourth-order valence-corrected chi connectivity index (χ4v) is 3.07. The smallest absolute Gasteiger partial charge is 0.240 e. The summed E-state index contributed by atoms with van der Waals surface area (Å²) in [5, 5.41) is -0.0799. The Labute approximate surface area is 124 Å². The van der Waals surface area contributed by atoms with E-state index < -0.39 is 10.0 Å². The summed E-state index contributed by atoms with van der Waals surface area (Å²) in [4.78, 5) is 11.6. The summed E-state index contributed by atoms with van der Waals surface area (Å²) in [6, 6.07) is 5.96. The van der Waals surface area contributed by atoms with Crippen LogP contribution in [0.25, 0.3) is 0 Å². The van der Waals surface area contributed by atoms with Crippen LogP contribution < -0.4 is 10.5 Å². The molecule has 20 heavy (non-hydrogen) atoms. The summed E-state index contributed by atoms with van der Waals surface area (Å²) in [5.41, 5.74) is 5.87. The zero-order valence-electron chi connectivity index (χ0n) is 11.5. The minimum absolute atomic E-state index is 0.0799. The third kappa shape index (κ3) is 5.24. The summed E-state index contributed by atoms with van der Waals surface area (Å²) >= 11 is 1.10. The summed E-state index contributed by atoms with van der Waals surface area (Å²) in [6.45, 7) is 1.02. The van der Waals surface area contributed by atoms with Crippen molar-refractivity contribution in [2.24, 2.45) is 5.73 Å². The molecule has 1 rings (SSSR count). The molecule has 0 spiro atoms. The molecule has 0 unspecified atom stereocenters. The minimum atomic E-state index is -3.50. The molecule has 1 aromatic rings. The fourth-order valence-electron chi connectivity index (χ4n) is 1.62. The first-order chi connectivity index (χ1) is 9.51. The van der Waals surface area contributed by atoms with E-state index in [9.17, 15) is 13.2 Å². The Morgan fingerprint density at radius 3 is 2.40 bits per heavy atom. The van der Waals surface area contributed by atoms with Crippen molar-refractivity contribution in [1.82, 2.24) is 4.72 Å². The number of carbonyl (C=O) groups excluding carboxylic acids is 1. The van der Waals surface area contributed by atoms with Crippen molar-refractivity contribution in [3.8, 4) is 0 Å². The lowest BCUT2D eigenvalue weighted by atomic mass is 10.2. The molecule has 0 saturated heterocycles. The maximum absolute atomic E-state index is 12.0. The van der Waals surface area contributed by atoms with Crippen molar-refractivity contribution in [3.05, 3.63) is 29.8 Å². The molecule has 0 aliphatic heterocycles. The molecule has 0 amide bonds. The Morgan fingerprint density at radius 1 is 1.20 bits per heavy atom. The molecule has 0 aromatic heterocycles. The summed E-state index contributed by atoms with van der Waals surface area (Å²) in [5.74, 6) is 0. The molecule has 0 aliphatic carbocycles. The largest absolute Gasteiger partial charge is 0.330 e. The normalized spacial score (nSPS) is 11.5. The lowest BCUT2D eigenvalue weighted by Crippen LogP contribution is -2.24. The number of thioether (sulfide) groups is 1. The number of hydrogen-bond acceptors (Lipinski definition) is 5. The average Bonchev–Trinajstić information content (AvgIpc) is 2.46. The molecule has 3 N–H and O–H groups in total. The summed E-state index contributed by atoms with van der Waals surface area (Å²) < 4.78 is 26.5. The number of benzene rings is 1. The molecule has 5 nitrogen and oxygen atoms in total. The van der Waals surface area contributed by atoms with E-state index in [4.69, 9.17) is 5.73 Å². The van der Waals surface area contributed by atoms with Crippen LogP contribution in [0, 0.1) is 0 Å². The van der Waals surface area contributed by atoms with E-state index in [1.807, 2.05) is 0 Å². The fraction of sp³-hybridized carbons (Fsp3) is 0.462. The lowest BCUT2D eigenvalue weighted by molar-refractivity contribution is 0.108. The topological polar surface area (TPSA) is 89.3 Å². The highest BCUT2D eigenvalue weighted by Gasteiger charge is 2.14. The van der Waals surface area contributed by atoms with Crippen molar-refractivity contribution < 1.29 is 13.2 Å². The van der Waals surface area contributed by atoms with E-state index in [0.29, 0.717) is 18.7 Å². The standard InChI is InChI=1S/C13H20N2O3S2/c1-19-13(16)11-5-7-12(8-6-11)20(17,18)15-10-4-2-3-9-14/h5-8,15H,2-4,9-10,14H2,1H3. The molecule has 0 bridgehead atoms. The number of nitrogens with two attached hydrogens (primary N) is 1. The van der Waals surface area contributed by atoms with Crippen molar-refractivity contribution in [2.75, 3.05) is 19.3 Å². The van der Waals surface area contributed by atoms with E-state index in [1.54, 1.807) is 6.26 Å². The zero-order chi connectivity index (χ0) is 15.0. The molecular weight excluding hydrogens is 296 g/mol. The molecular formula is C13H20N2O3S2. The minimum Gasteiger partial charge on any atom is -0.330 e. The van der Waals surface area contributed by atoms with Gasteiger partial charge in [0.25, 0.3) is 0 Å². The van der Waals surface area contributed by atoms with Crippen LogP contribution in [0.15, 0.2) is 29.2 Å². The van der Waals surface area contributed by atoms with Crippen LogP contribution in [0.2, 0.25) is 0 Å². The Morgan fingerprint density at radius 2 is 1.85 bits per heavy atom. The van der Waals surface area contributed by atoms with Gasteiger partial charge in [0.2, 0.25) is 15.1 Å². The summed E-state index contributed by atoms with van der Waals surface area (Å²) in [7, 11) is -3.50. The maximum Gasteiger partial charge on any atom is 0.240 e. The van der Waals surface area contributed by atoms with E-state index >= 15 is 0 Å². The SMILES string of the molecule is CSC(=O)c1ccc(S(=O)(=O)NCCCCCN)cc1. The van der Waals surface area contributed by atoms with E-state index in [-0.39, 0.29) is 10.0 Å². The van der Waals surface area contributed by atoms with Gasteiger partial charge >= 0.3 is 0 Å². The Hall–Kier alpha value is -0.890. The maximum atomic E-state index is 12.0. The van der Waals surface area contributed by atoms with Gasteiger partial charge in [-0.15, -0.1) is 0 Å². The molecule has 0 aliphatic rings. The second-order valence-electron chi connectivity index (χ2n) is 4.26. The highest BCUT2D eigenvalue weighted by molar-refractivity contribution is 8.13. The van der Waals surface area contributed by atoms with Gasteiger partial charge in [-0.3, -0.25) is 4.79 Å². The van der Waals surface area contributed by atoms with Gasteiger partial charge in [0.05, 0.1) is 4.90 Å². The second kappa shape index (κ2) is 8.41. The third-order valence-corrected chi connectivity index (χ3v) is 4.84. The van der Waals surface area contributed by atoms with Crippen LogP contribution in [0.4, 0.5) is 0 Å². The van der Waals surface area contributed by atoms with Gasteiger partial charge in [-0.25, -0.2) is 13.1 Å². The quantitative estimate of drug-likeness (QED) is 0.711. The lowest BCUT2D eigenvalue weighted by Gasteiger charge is -2.07. The summed E-state index contributed by atoms with van der Waals surface area (Å²) in [6.07, 6.45) is 4.25. The van der Waals surface area contributed by atoms with Crippen LogP contribution in [-0.4, -0.2) is 32.9 Å². The third-order valence-electron chi connectivity index (χ3n) is 2.76. The van der Waals surface area contributed by atoms with Crippen molar-refractivity contribution in [1.29, 1.82) is 0 Å². The first-order valence-corrected chi connectivity index (χ1v) is 9.10. The number of nitrogens with one attached hydrogen (secondary N) is 1. The van der Waals surface area contributed by atoms with Crippen molar-refractivity contribution in [2.45, 2.75) is 24.2 Å². The first-order valence-electron chi connectivity index (χ1n) is 6.39. The Kier molecular flexibility index (Phi) is 7.22. The molecule has 0 atom stereocenters. The van der Waals surface area contributed by atoms with Gasteiger partial charge in [-0.2, -0.15) is 0 Å².